The minimum Gasteiger partial charge on any atom is -0.298 e. The van der Waals surface area contributed by atoms with Crippen molar-refractivity contribution in [1.82, 2.24) is 29.4 Å². The van der Waals surface area contributed by atoms with Gasteiger partial charge in [0.1, 0.15) is 0 Å². The zero-order valence-electron chi connectivity index (χ0n) is 15.9. The second kappa shape index (κ2) is 7.31. The van der Waals surface area contributed by atoms with Crippen LogP contribution in [0.4, 0.5) is 0 Å². The topological polar surface area (TPSA) is 68.8 Å². The van der Waals surface area contributed by atoms with E-state index in [2.05, 4.69) is 24.8 Å². The first kappa shape index (κ1) is 17.3. The molecule has 0 aliphatic carbocycles. The molecule has 0 unspecified atom stereocenters. The number of hydrogen-bond acceptors (Lipinski definition) is 5. The molecule has 28 heavy (non-hydrogen) atoms. The number of nitrogens with zero attached hydrogens (tertiary/aromatic N) is 6. The maximum Gasteiger partial charge on any atom is 0.266 e. The van der Waals surface area contributed by atoms with E-state index in [-0.39, 0.29) is 5.56 Å². The lowest BCUT2D eigenvalue weighted by Crippen LogP contribution is -2.49. The van der Waals surface area contributed by atoms with Crippen molar-refractivity contribution in [2.45, 2.75) is 38.9 Å². The second-order valence-electron chi connectivity index (χ2n) is 7.84. The molecule has 3 aromatic heterocycles. The Balaban J connectivity index is 1.22. The zero-order valence-corrected chi connectivity index (χ0v) is 15.9. The number of rotatable bonds is 5. The molecule has 5 heterocycles. The van der Waals surface area contributed by atoms with Gasteiger partial charge in [-0.25, -0.2) is 4.68 Å². The SMILES string of the molecule is O=c1ccc(-c2cccnc2)nn1CC1CN(Cc2cnn3c2CCCC3)C1. The summed E-state index contributed by atoms with van der Waals surface area (Å²) in [4.78, 5) is 18.8. The first-order valence-electron chi connectivity index (χ1n) is 10.0. The van der Waals surface area contributed by atoms with Crippen molar-refractivity contribution in [3.05, 3.63) is 64.5 Å². The summed E-state index contributed by atoms with van der Waals surface area (Å²) in [7, 11) is 0. The van der Waals surface area contributed by atoms with E-state index in [9.17, 15) is 4.79 Å². The molecule has 5 rings (SSSR count). The van der Waals surface area contributed by atoms with Gasteiger partial charge in [-0.2, -0.15) is 10.2 Å². The van der Waals surface area contributed by atoms with Crippen LogP contribution in [0.15, 0.2) is 47.7 Å². The Morgan fingerprint density at radius 2 is 2.04 bits per heavy atom. The van der Waals surface area contributed by atoms with Crippen molar-refractivity contribution in [2.75, 3.05) is 13.1 Å². The standard InChI is InChI=1S/C21H24N6O/c28-21-7-6-19(17-4-3-8-22-10-17)24-27(21)14-16-12-25(13-16)15-18-11-23-26-9-2-1-5-20(18)26/h3-4,6-8,10-11,16H,1-2,5,9,12-15H2. The molecule has 7 heteroatoms. The first-order chi connectivity index (χ1) is 13.8. The van der Waals surface area contributed by atoms with Crippen LogP contribution < -0.4 is 5.56 Å². The molecule has 1 fully saturated rings. The molecule has 1 saturated heterocycles. The third-order valence-corrected chi connectivity index (χ3v) is 5.75. The van der Waals surface area contributed by atoms with Crippen molar-refractivity contribution in [3.8, 4) is 11.3 Å². The van der Waals surface area contributed by atoms with Crippen LogP contribution in [0.25, 0.3) is 11.3 Å². The third-order valence-electron chi connectivity index (χ3n) is 5.75. The summed E-state index contributed by atoms with van der Waals surface area (Å²) >= 11 is 0. The number of likely N-dealkylation sites (tertiary alicyclic amines) is 1. The molecule has 2 aliphatic heterocycles. The maximum atomic E-state index is 12.2. The quantitative estimate of drug-likeness (QED) is 0.681. The van der Waals surface area contributed by atoms with Gasteiger partial charge in [0, 0.05) is 67.4 Å². The normalized spacial score (nSPS) is 17.3. The number of hydrogen-bond donors (Lipinski definition) is 0. The molecule has 0 spiro atoms. The highest BCUT2D eigenvalue weighted by Crippen LogP contribution is 2.24. The Labute approximate surface area is 163 Å². The van der Waals surface area contributed by atoms with E-state index in [1.165, 1.54) is 24.1 Å². The van der Waals surface area contributed by atoms with E-state index in [0.29, 0.717) is 12.5 Å². The molecule has 0 N–H and O–H groups in total. The largest absolute Gasteiger partial charge is 0.298 e. The zero-order chi connectivity index (χ0) is 18.9. The van der Waals surface area contributed by atoms with Gasteiger partial charge in [-0.05, 0) is 37.5 Å². The Hall–Kier alpha value is -2.80. The van der Waals surface area contributed by atoms with Gasteiger partial charge in [0.05, 0.1) is 18.4 Å². The van der Waals surface area contributed by atoms with Gasteiger partial charge in [-0.1, -0.05) is 0 Å². The Bertz CT molecular complexity index is 1020. The van der Waals surface area contributed by atoms with Gasteiger partial charge in [-0.15, -0.1) is 0 Å². The fraction of sp³-hybridized carbons (Fsp3) is 0.429. The summed E-state index contributed by atoms with van der Waals surface area (Å²) in [6.07, 6.45) is 9.20. The van der Waals surface area contributed by atoms with Gasteiger partial charge in [0.2, 0.25) is 0 Å². The summed E-state index contributed by atoms with van der Waals surface area (Å²) in [5, 5.41) is 9.09. The van der Waals surface area contributed by atoms with Crippen LogP contribution >= 0.6 is 0 Å². The molecule has 0 aromatic carbocycles. The maximum absolute atomic E-state index is 12.2. The molecule has 0 atom stereocenters. The van der Waals surface area contributed by atoms with Crippen LogP contribution in [0.2, 0.25) is 0 Å². The van der Waals surface area contributed by atoms with Crippen molar-refractivity contribution in [1.29, 1.82) is 0 Å². The van der Waals surface area contributed by atoms with Gasteiger partial charge >= 0.3 is 0 Å². The van der Waals surface area contributed by atoms with Gasteiger partial charge in [0.25, 0.3) is 5.56 Å². The van der Waals surface area contributed by atoms with Crippen molar-refractivity contribution < 1.29 is 0 Å². The predicted molar refractivity (Wildman–Crippen MR) is 106 cm³/mol. The minimum absolute atomic E-state index is 0.0446. The van der Waals surface area contributed by atoms with E-state index >= 15 is 0 Å². The van der Waals surface area contributed by atoms with E-state index < -0.39 is 0 Å². The summed E-state index contributed by atoms with van der Waals surface area (Å²) < 4.78 is 3.77. The highest BCUT2D eigenvalue weighted by Gasteiger charge is 2.29. The Morgan fingerprint density at radius 1 is 1.11 bits per heavy atom. The fourth-order valence-electron chi connectivity index (χ4n) is 4.27. The molecular formula is C21H24N6O. The number of aromatic nitrogens is 5. The summed E-state index contributed by atoms with van der Waals surface area (Å²) in [6.45, 7) is 4.67. The Morgan fingerprint density at radius 3 is 2.89 bits per heavy atom. The molecule has 0 radical (unpaired) electrons. The van der Waals surface area contributed by atoms with Crippen LogP contribution in [-0.2, 0) is 26.1 Å². The van der Waals surface area contributed by atoms with Gasteiger partial charge < -0.3 is 0 Å². The molecule has 0 amide bonds. The highest BCUT2D eigenvalue weighted by atomic mass is 16.1. The molecule has 3 aromatic rings. The van der Waals surface area contributed by atoms with E-state index in [4.69, 9.17) is 0 Å². The van der Waals surface area contributed by atoms with Crippen LogP contribution in [0.1, 0.15) is 24.1 Å². The molecule has 2 aliphatic rings. The molecule has 144 valence electrons. The third kappa shape index (κ3) is 3.38. The average molecular weight is 376 g/mol. The fourth-order valence-corrected chi connectivity index (χ4v) is 4.27. The number of fused-ring (bicyclic) bond motifs is 1. The van der Waals surface area contributed by atoms with Crippen LogP contribution in [-0.4, -0.2) is 42.5 Å². The van der Waals surface area contributed by atoms with Crippen molar-refractivity contribution in [3.63, 3.8) is 0 Å². The summed E-state index contributed by atoms with van der Waals surface area (Å²) in [5.41, 5.74) is 4.45. The van der Waals surface area contributed by atoms with E-state index in [1.807, 2.05) is 18.3 Å². The van der Waals surface area contributed by atoms with Crippen molar-refractivity contribution >= 4 is 0 Å². The smallest absolute Gasteiger partial charge is 0.266 e. The molecule has 0 bridgehead atoms. The summed E-state index contributed by atoms with van der Waals surface area (Å²) in [5.74, 6) is 0.459. The second-order valence-corrected chi connectivity index (χ2v) is 7.84. The van der Waals surface area contributed by atoms with Gasteiger partial charge in [-0.3, -0.25) is 19.4 Å². The summed E-state index contributed by atoms with van der Waals surface area (Å²) in [6, 6.07) is 7.21. The lowest BCUT2D eigenvalue weighted by molar-refractivity contribution is 0.0763. The van der Waals surface area contributed by atoms with Gasteiger partial charge in [0.15, 0.2) is 0 Å². The van der Waals surface area contributed by atoms with Crippen LogP contribution in [0, 0.1) is 5.92 Å². The van der Waals surface area contributed by atoms with Crippen LogP contribution in [0.5, 0.6) is 0 Å². The molecular weight excluding hydrogens is 352 g/mol. The average Bonchev–Trinajstić information content (AvgIpc) is 3.11. The lowest BCUT2D eigenvalue weighted by atomic mass is 9.98. The lowest BCUT2D eigenvalue weighted by Gasteiger charge is -2.39. The van der Waals surface area contributed by atoms with E-state index in [0.717, 1.165) is 43.9 Å². The number of aryl methyl sites for hydroxylation is 1. The Kier molecular flexibility index (Phi) is 4.52. The molecule has 0 saturated carbocycles. The van der Waals surface area contributed by atoms with Crippen molar-refractivity contribution in [2.24, 2.45) is 5.92 Å². The monoisotopic (exact) mass is 376 g/mol. The first-order valence-corrected chi connectivity index (χ1v) is 10.0. The number of pyridine rings is 1. The van der Waals surface area contributed by atoms with Crippen LogP contribution in [0.3, 0.4) is 0 Å². The molecule has 7 nitrogen and oxygen atoms in total. The highest BCUT2D eigenvalue weighted by molar-refractivity contribution is 5.56. The minimum atomic E-state index is -0.0446. The van der Waals surface area contributed by atoms with E-state index in [1.54, 1.807) is 29.2 Å². The predicted octanol–water partition coefficient (Wildman–Crippen LogP) is 1.97.